The van der Waals surface area contributed by atoms with E-state index in [1.54, 1.807) is 11.3 Å². The van der Waals surface area contributed by atoms with E-state index in [4.69, 9.17) is 5.73 Å². The topological polar surface area (TPSA) is 50.9 Å². The molecule has 0 aliphatic rings. The molecule has 0 aromatic carbocycles. The lowest BCUT2D eigenvalue weighted by molar-refractivity contribution is 0.528. The molecule has 0 saturated carbocycles. The highest BCUT2D eigenvalue weighted by atomic mass is 32.1. The molecule has 3 nitrogen and oxygen atoms in total. The lowest BCUT2D eigenvalue weighted by Crippen LogP contribution is -2.19. The van der Waals surface area contributed by atoms with Crippen LogP contribution in [0.1, 0.15) is 50.1 Å². The first kappa shape index (κ1) is 13.6. The van der Waals surface area contributed by atoms with Gasteiger partial charge >= 0.3 is 0 Å². The van der Waals surface area contributed by atoms with Crippen LogP contribution in [0.15, 0.2) is 11.6 Å². The van der Waals surface area contributed by atoms with Crippen LogP contribution in [0, 0.1) is 0 Å². The summed E-state index contributed by atoms with van der Waals surface area (Å²) in [5.41, 5.74) is 5.45. The highest BCUT2D eigenvalue weighted by Gasteiger charge is 2.05. The summed E-state index contributed by atoms with van der Waals surface area (Å²) in [5.74, 6) is 0. The van der Waals surface area contributed by atoms with Gasteiger partial charge in [-0.1, -0.05) is 19.3 Å². The van der Waals surface area contributed by atoms with Crippen LogP contribution in [-0.4, -0.2) is 18.1 Å². The number of rotatable bonds is 9. The second kappa shape index (κ2) is 8.67. The van der Waals surface area contributed by atoms with Gasteiger partial charge in [-0.25, -0.2) is 4.98 Å². The van der Waals surface area contributed by atoms with Gasteiger partial charge in [-0.15, -0.1) is 11.3 Å². The minimum absolute atomic E-state index is 0.393. The largest absolute Gasteiger partial charge is 0.330 e. The van der Waals surface area contributed by atoms with E-state index in [9.17, 15) is 0 Å². The summed E-state index contributed by atoms with van der Waals surface area (Å²) >= 11 is 1.72. The molecule has 0 bridgehead atoms. The predicted octanol–water partition coefficient (Wildman–Crippen LogP) is 2.70. The highest BCUT2D eigenvalue weighted by molar-refractivity contribution is 7.09. The third kappa shape index (κ3) is 5.58. The number of nitrogens with zero attached hydrogens (tertiary/aromatic N) is 1. The number of nitrogens with two attached hydrogens (primary N) is 1. The molecular formula is C12H23N3S. The fourth-order valence-electron chi connectivity index (χ4n) is 1.65. The Hall–Kier alpha value is -0.450. The second-order valence-electron chi connectivity index (χ2n) is 4.10. The Morgan fingerprint density at radius 2 is 2.06 bits per heavy atom. The van der Waals surface area contributed by atoms with Gasteiger partial charge in [0.15, 0.2) is 0 Å². The standard InChI is InChI=1S/C12H23N3S/c1-11(12-15-9-10-16-12)14-8-6-4-2-3-5-7-13/h9-11,14H,2-8,13H2,1H3. The van der Waals surface area contributed by atoms with E-state index in [0.717, 1.165) is 13.1 Å². The van der Waals surface area contributed by atoms with Crippen molar-refractivity contribution >= 4 is 11.3 Å². The molecule has 3 N–H and O–H groups in total. The Bertz CT molecular complexity index is 249. The van der Waals surface area contributed by atoms with E-state index in [0.29, 0.717) is 6.04 Å². The molecular weight excluding hydrogens is 218 g/mol. The predicted molar refractivity (Wildman–Crippen MR) is 70.7 cm³/mol. The molecule has 1 unspecified atom stereocenters. The van der Waals surface area contributed by atoms with Crippen LogP contribution < -0.4 is 11.1 Å². The smallest absolute Gasteiger partial charge is 0.109 e. The molecule has 0 aliphatic heterocycles. The summed E-state index contributed by atoms with van der Waals surface area (Å²) in [7, 11) is 0. The molecule has 0 fully saturated rings. The lowest BCUT2D eigenvalue weighted by atomic mass is 10.1. The van der Waals surface area contributed by atoms with Crippen LogP contribution >= 0.6 is 11.3 Å². The molecule has 0 aliphatic carbocycles. The van der Waals surface area contributed by atoms with E-state index in [1.165, 1.54) is 37.1 Å². The van der Waals surface area contributed by atoms with Crippen LogP contribution in [0.4, 0.5) is 0 Å². The number of unbranched alkanes of at least 4 members (excludes halogenated alkanes) is 4. The molecule has 1 rings (SSSR count). The van der Waals surface area contributed by atoms with Crippen LogP contribution in [0.3, 0.4) is 0 Å². The summed E-state index contributed by atoms with van der Waals surface area (Å²) in [6.07, 6.45) is 8.18. The molecule has 0 radical (unpaired) electrons. The van der Waals surface area contributed by atoms with Crippen molar-refractivity contribution in [3.05, 3.63) is 16.6 Å². The quantitative estimate of drug-likeness (QED) is 0.654. The van der Waals surface area contributed by atoms with Crippen molar-refractivity contribution in [1.82, 2.24) is 10.3 Å². The molecule has 1 aromatic heterocycles. The Morgan fingerprint density at radius 1 is 1.31 bits per heavy atom. The number of hydrogen-bond donors (Lipinski definition) is 2. The van der Waals surface area contributed by atoms with Gasteiger partial charge in [0.1, 0.15) is 5.01 Å². The average molecular weight is 241 g/mol. The zero-order valence-corrected chi connectivity index (χ0v) is 10.9. The van der Waals surface area contributed by atoms with Gasteiger partial charge in [0, 0.05) is 11.6 Å². The maximum absolute atomic E-state index is 5.45. The van der Waals surface area contributed by atoms with Crippen molar-refractivity contribution in [2.75, 3.05) is 13.1 Å². The summed E-state index contributed by atoms with van der Waals surface area (Å²) in [6.45, 7) is 4.09. The van der Waals surface area contributed by atoms with Crippen molar-refractivity contribution < 1.29 is 0 Å². The maximum Gasteiger partial charge on any atom is 0.109 e. The fraction of sp³-hybridized carbons (Fsp3) is 0.750. The Kier molecular flexibility index (Phi) is 7.38. The van der Waals surface area contributed by atoms with Gasteiger partial charge in [0.25, 0.3) is 0 Å². The Balaban J connectivity index is 1.95. The summed E-state index contributed by atoms with van der Waals surface area (Å²) in [5, 5.41) is 6.71. The number of aromatic nitrogens is 1. The van der Waals surface area contributed by atoms with Gasteiger partial charge in [0.2, 0.25) is 0 Å². The minimum Gasteiger partial charge on any atom is -0.330 e. The number of thiazole rings is 1. The van der Waals surface area contributed by atoms with Crippen LogP contribution in [0.2, 0.25) is 0 Å². The molecule has 92 valence electrons. The van der Waals surface area contributed by atoms with Crippen molar-refractivity contribution in [2.45, 2.75) is 45.1 Å². The van der Waals surface area contributed by atoms with E-state index < -0.39 is 0 Å². The SMILES string of the molecule is CC(NCCCCCCCN)c1nccs1. The first-order valence-electron chi connectivity index (χ1n) is 6.17. The molecule has 1 atom stereocenters. The van der Waals surface area contributed by atoms with Crippen molar-refractivity contribution in [2.24, 2.45) is 5.73 Å². The van der Waals surface area contributed by atoms with Crippen molar-refractivity contribution in [3.8, 4) is 0 Å². The number of nitrogens with one attached hydrogen (secondary N) is 1. The number of hydrogen-bond acceptors (Lipinski definition) is 4. The summed E-state index contributed by atoms with van der Waals surface area (Å²) in [4.78, 5) is 4.30. The lowest BCUT2D eigenvalue weighted by Gasteiger charge is -2.10. The summed E-state index contributed by atoms with van der Waals surface area (Å²) in [6, 6.07) is 0.393. The molecule has 16 heavy (non-hydrogen) atoms. The van der Waals surface area contributed by atoms with Crippen molar-refractivity contribution in [1.29, 1.82) is 0 Å². The molecule has 1 aromatic rings. The molecule has 0 spiro atoms. The van der Waals surface area contributed by atoms with Crippen LogP contribution in [0.25, 0.3) is 0 Å². The monoisotopic (exact) mass is 241 g/mol. The first-order valence-corrected chi connectivity index (χ1v) is 7.05. The zero-order valence-electron chi connectivity index (χ0n) is 10.1. The van der Waals surface area contributed by atoms with Gasteiger partial charge in [-0.05, 0) is 32.9 Å². The van der Waals surface area contributed by atoms with E-state index in [-0.39, 0.29) is 0 Å². The van der Waals surface area contributed by atoms with E-state index in [1.807, 2.05) is 11.6 Å². The van der Waals surface area contributed by atoms with Crippen LogP contribution in [-0.2, 0) is 0 Å². The third-order valence-corrected chi connectivity index (χ3v) is 3.61. The van der Waals surface area contributed by atoms with E-state index >= 15 is 0 Å². The average Bonchev–Trinajstić information content (AvgIpc) is 2.81. The van der Waals surface area contributed by atoms with Crippen LogP contribution in [0.5, 0.6) is 0 Å². The zero-order chi connectivity index (χ0) is 11.6. The van der Waals surface area contributed by atoms with Gasteiger partial charge < -0.3 is 11.1 Å². The van der Waals surface area contributed by atoms with Gasteiger partial charge in [-0.2, -0.15) is 0 Å². The molecule has 0 amide bonds. The third-order valence-electron chi connectivity index (χ3n) is 2.65. The minimum atomic E-state index is 0.393. The second-order valence-corrected chi connectivity index (χ2v) is 5.03. The molecule has 4 heteroatoms. The highest BCUT2D eigenvalue weighted by Crippen LogP contribution is 2.14. The fourth-order valence-corrected chi connectivity index (χ4v) is 2.32. The van der Waals surface area contributed by atoms with Crippen molar-refractivity contribution in [3.63, 3.8) is 0 Å². The summed E-state index contributed by atoms with van der Waals surface area (Å²) < 4.78 is 0. The maximum atomic E-state index is 5.45. The Labute approximate surface area is 102 Å². The Morgan fingerprint density at radius 3 is 2.75 bits per heavy atom. The molecule has 1 heterocycles. The molecule has 0 saturated heterocycles. The van der Waals surface area contributed by atoms with Gasteiger partial charge in [-0.3, -0.25) is 0 Å². The normalized spacial score (nSPS) is 12.9. The van der Waals surface area contributed by atoms with E-state index in [2.05, 4.69) is 17.2 Å². The first-order chi connectivity index (χ1) is 7.84. The van der Waals surface area contributed by atoms with Gasteiger partial charge in [0.05, 0.1) is 6.04 Å².